The Morgan fingerprint density at radius 3 is 2.23 bits per heavy atom. The van der Waals surface area contributed by atoms with Crippen molar-refractivity contribution in [1.29, 1.82) is 0 Å². The maximum atomic E-state index is 13.0. The first-order valence-electron chi connectivity index (χ1n) is 14.3. The fraction of sp³-hybridized carbons (Fsp3) is 0.344. The minimum Gasteiger partial charge on any atom is -0.475 e. The lowest BCUT2D eigenvalue weighted by Gasteiger charge is -2.33. The number of carbonyl (C=O) groups excluding carboxylic acids is 1. The molecule has 3 aromatic carbocycles. The molecule has 2 N–H and O–H groups in total. The van der Waals surface area contributed by atoms with Crippen molar-refractivity contribution in [3.05, 3.63) is 90.0 Å². The van der Waals surface area contributed by atoms with Crippen molar-refractivity contribution in [2.45, 2.75) is 26.1 Å². The normalized spacial score (nSPS) is 14.2. The number of carboxylic acid groups (broad SMARTS) is 1. The van der Waals surface area contributed by atoms with Gasteiger partial charge in [-0.3, -0.25) is 4.79 Å². The maximum Gasteiger partial charge on any atom is 0.490 e. The van der Waals surface area contributed by atoms with E-state index in [9.17, 15) is 18.0 Å². The zero-order valence-corrected chi connectivity index (χ0v) is 24.1. The van der Waals surface area contributed by atoms with E-state index in [-0.39, 0.29) is 5.91 Å². The van der Waals surface area contributed by atoms with Crippen LogP contribution in [0.25, 0.3) is 22.4 Å². The number of halogens is 3. The first-order valence-corrected chi connectivity index (χ1v) is 14.3. The van der Waals surface area contributed by atoms with Crippen LogP contribution >= 0.6 is 0 Å². The van der Waals surface area contributed by atoms with Gasteiger partial charge < -0.3 is 24.8 Å². The number of amides is 1. The number of carbonyl (C=O) groups is 2. The second-order valence-corrected chi connectivity index (χ2v) is 10.3. The standard InChI is InChI=1S/C30H35N5O.C2HF3O2/c1-2-33-18-20-34(21-19-33)17-9-16-31-30(36)26-13-8-12-25(22-26)29-32-27-14-6-7-15-28(27)35(29)23-24-10-4-3-5-11-24;3-2(4,5)1(6)7/h3-8,10-15,22H,2,9,16-21,23H2,1H3,(H,31,36);(H,6,7). The summed E-state index contributed by atoms with van der Waals surface area (Å²) in [5, 5.41) is 10.2. The topological polar surface area (TPSA) is 90.7 Å². The summed E-state index contributed by atoms with van der Waals surface area (Å²) in [6.07, 6.45) is -4.12. The monoisotopic (exact) mass is 595 g/mol. The predicted octanol–water partition coefficient (Wildman–Crippen LogP) is 5.14. The molecule has 1 aromatic heterocycles. The lowest BCUT2D eigenvalue weighted by Crippen LogP contribution is -2.46. The lowest BCUT2D eigenvalue weighted by molar-refractivity contribution is -0.192. The van der Waals surface area contributed by atoms with Gasteiger partial charge in [0.05, 0.1) is 11.0 Å². The van der Waals surface area contributed by atoms with E-state index in [4.69, 9.17) is 14.9 Å². The quantitative estimate of drug-likeness (QED) is 0.261. The highest BCUT2D eigenvalue weighted by Crippen LogP contribution is 2.26. The second kappa shape index (κ2) is 14.8. The Balaban J connectivity index is 0.000000541. The first kappa shape index (κ1) is 31.7. The molecule has 0 aliphatic carbocycles. The first-order chi connectivity index (χ1) is 20.7. The number of rotatable bonds is 9. The molecular weight excluding hydrogens is 559 g/mol. The SMILES string of the molecule is CCN1CCN(CCCNC(=O)c2cccc(-c3nc4ccccc4n3Cc3ccccc3)c2)CC1.O=C(O)C(F)(F)F. The third-order valence-electron chi connectivity index (χ3n) is 7.31. The van der Waals surface area contributed by atoms with Crippen LogP contribution < -0.4 is 5.32 Å². The van der Waals surface area contributed by atoms with Crippen LogP contribution in [0, 0.1) is 0 Å². The number of nitrogens with zero attached hydrogens (tertiary/aromatic N) is 4. The average Bonchev–Trinajstić information content (AvgIpc) is 3.38. The van der Waals surface area contributed by atoms with Crippen molar-refractivity contribution in [3.8, 4) is 11.4 Å². The molecule has 0 spiro atoms. The summed E-state index contributed by atoms with van der Waals surface area (Å²) in [5.74, 6) is -1.91. The average molecular weight is 596 g/mol. The van der Waals surface area contributed by atoms with Crippen LogP contribution in [0.1, 0.15) is 29.3 Å². The largest absolute Gasteiger partial charge is 0.490 e. The molecule has 11 heteroatoms. The van der Waals surface area contributed by atoms with E-state index in [1.807, 2.05) is 48.5 Å². The smallest absolute Gasteiger partial charge is 0.475 e. The van der Waals surface area contributed by atoms with Gasteiger partial charge in [0.15, 0.2) is 0 Å². The van der Waals surface area contributed by atoms with Crippen molar-refractivity contribution in [1.82, 2.24) is 24.7 Å². The number of nitrogens with one attached hydrogen (secondary N) is 1. The predicted molar refractivity (Wildman–Crippen MR) is 160 cm³/mol. The van der Waals surface area contributed by atoms with Gasteiger partial charge in [-0.05, 0) is 49.3 Å². The Labute approximate surface area is 248 Å². The maximum absolute atomic E-state index is 13.0. The van der Waals surface area contributed by atoms with Gasteiger partial charge in [-0.1, -0.05) is 61.5 Å². The summed E-state index contributed by atoms with van der Waals surface area (Å²) in [6.45, 7) is 10.3. The molecular formula is C32H36F3N5O3. The molecule has 1 aliphatic heterocycles. The van der Waals surface area contributed by atoms with Gasteiger partial charge in [-0.2, -0.15) is 13.2 Å². The number of benzene rings is 3. The Kier molecular flexibility index (Phi) is 10.9. The molecule has 0 atom stereocenters. The van der Waals surface area contributed by atoms with Crippen LogP contribution in [-0.4, -0.2) is 88.3 Å². The van der Waals surface area contributed by atoms with Gasteiger partial charge in [-0.15, -0.1) is 0 Å². The van der Waals surface area contributed by atoms with Crippen LogP contribution in [-0.2, 0) is 11.3 Å². The fourth-order valence-electron chi connectivity index (χ4n) is 4.96. The van der Waals surface area contributed by atoms with Gasteiger partial charge in [0.2, 0.25) is 0 Å². The van der Waals surface area contributed by atoms with Crippen molar-refractivity contribution >= 4 is 22.9 Å². The number of aromatic nitrogens is 2. The van der Waals surface area contributed by atoms with Gasteiger partial charge in [0.1, 0.15) is 5.82 Å². The molecule has 5 rings (SSSR count). The lowest BCUT2D eigenvalue weighted by atomic mass is 10.1. The second-order valence-electron chi connectivity index (χ2n) is 10.3. The Morgan fingerprint density at radius 2 is 1.56 bits per heavy atom. The molecule has 0 bridgehead atoms. The summed E-state index contributed by atoms with van der Waals surface area (Å²) in [6, 6.07) is 26.4. The third kappa shape index (κ3) is 8.89. The van der Waals surface area contributed by atoms with Crippen molar-refractivity contribution in [2.75, 3.05) is 45.8 Å². The summed E-state index contributed by atoms with van der Waals surface area (Å²) >= 11 is 0. The molecule has 0 saturated carbocycles. The molecule has 1 amide bonds. The number of alkyl halides is 3. The van der Waals surface area contributed by atoms with Crippen LogP contribution in [0.5, 0.6) is 0 Å². The summed E-state index contributed by atoms with van der Waals surface area (Å²) in [4.78, 5) is 31.8. The number of hydrogen-bond acceptors (Lipinski definition) is 5. The Bertz CT molecular complexity index is 1500. The van der Waals surface area contributed by atoms with Crippen molar-refractivity contribution < 1.29 is 27.9 Å². The molecule has 1 saturated heterocycles. The van der Waals surface area contributed by atoms with Gasteiger partial charge in [-0.25, -0.2) is 9.78 Å². The summed E-state index contributed by atoms with van der Waals surface area (Å²) < 4.78 is 34.0. The molecule has 228 valence electrons. The molecule has 1 aliphatic rings. The van der Waals surface area contributed by atoms with Gasteiger partial charge >= 0.3 is 12.1 Å². The van der Waals surface area contributed by atoms with Gasteiger partial charge in [0, 0.05) is 50.4 Å². The summed E-state index contributed by atoms with van der Waals surface area (Å²) in [5.41, 5.74) is 4.88. The Morgan fingerprint density at radius 1 is 0.907 bits per heavy atom. The van der Waals surface area contributed by atoms with E-state index in [2.05, 4.69) is 56.9 Å². The number of carboxylic acids is 1. The van der Waals surface area contributed by atoms with Gasteiger partial charge in [0.25, 0.3) is 5.91 Å². The van der Waals surface area contributed by atoms with Crippen molar-refractivity contribution in [3.63, 3.8) is 0 Å². The fourth-order valence-corrected chi connectivity index (χ4v) is 4.96. The number of imidazole rings is 1. The highest BCUT2D eigenvalue weighted by atomic mass is 19.4. The minimum absolute atomic E-state index is 0.0293. The number of likely N-dealkylation sites (N-methyl/N-ethyl adjacent to an activating group) is 1. The number of aliphatic carboxylic acids is 1. The molecule has 0 radical (unpaired) electrons. The van der Waals surface area contributed by atoms with E-state index < -0.39 is 12.1 Å². The van der Waals surface area contributed by atoms with Crippen LogP contribution in [0.2, 0.25) is 0 Å². The van der Waals surface area contributed by atoms with E-state index in [1.54, 1.807) is 0 Å². The van der Waals surface area contributed by atoms with Crippen molar-refractivity contribution in [2.24, 2.45) is 0 Å². The highest BCUT2D eigenvalue weighted by molar-refractivity contribution is 5.95. The third-order valence-corrected chi connectivity index (χ3v) is 7.31. The van der Waals surface area contributed by atoms with Crippen LogP contribution in [0.3, 0.4) is 0 Å². The van der Waals surface area contributed by atoms with Crippen LogP contribution in [0.15, 0.2) is 78.9 Å². The summed E-state index contributed by atoms with van der Waals surface area (Å²) in [7, 11) is 0. The highest BCUT2D eigenvalue weighted by Gasteiger charge is 2.38. The van der Waals surface area contributed by atoms with E-state index in [0.29, 0.717) is 12.1 Å². The molecule has 4 aromatic rings. The van der Waals surface area contributed by atoms with E-state index >= 15 is 0 Å². The zero-order valence-electron chi connectivity index (χ0n) is 24.1. The molecule has 0 unspecified atom stereocenters. The molecule has 43 heavy (non-hydrogen) atoms. The number of piperazine rings is 1. The molecule has 1 fully saturated rings. The number of para-hydroxylation sites is 2. The molecule has 8 nitrogen and oxygen atoms in total. The van der Waals surface area contributed by atoms with E-state index in [0.717, 1.165) is 74.7 Å². The zero-order chi connectivity index (χ0) is 30.8. The molecule has 2 heterocycles. The Hall–Kier alpha value is -4.22. The van der Waals surface area contributed by atoms with Crippen LogP contribution in [0.4, 0.5) is 13.2 Å². The number of hydrogen-bond donors (Lipinski definition) is 2. The van der Waals surface area contributed by atoms with E-state index in [1.165, 1.54) is 5.56 Å². The number of fused-ring (bicyclic) bond motifs is 1. The minimum atomic E-state index is -5.08.